The fourth-order valence-electron chi connectivity index (χ4n) is 10.0. The molecule has 67 heavy (non-hydrogen) atoms. The summed E-state index contributed by atoms with van der Waals surface area (Å²) in [7, 11) is 2.59. The summed E-state index contributed by atoms with van der Waals surface area (Å²) in [4.78, 5) is 72.0. The maximum atomic E-state index is 13.8. The highest BCUT2D eigenvalue weighted by Crippen LogP contribution is 2.45. The minimum absolute atomic E-state index is 0.124. The Morgan fingerprint density at radius 1 is 0.597 bits per heavy atom. The van der Waals surface area contributed by atoms with E-state index >= 15 is 0 Å². The van der Waals surface area contributed by atoms with Crippen LogP contribution in [-0.2, 0) is 19.1 Å². The quantitative estimate of drug-likeness (QED) is 0.0926. The molecule has 6 heterocycles. The SMILES string of the molecule is COC(=O)NC(C(=O)N1CC(C)CC1c1ncc(-c2ccc(-c3ccc(-c4ccc(-c5cnc(C6CC(C)CN6C(=O)C(NC(=O)OC)C(C)C)[nH]5)cc4)c4c5ccc(o5)c34)cc2)[nH]1)C(C)C. The van der Waals surface area contributed by atoms with Crippen LogP contribution >= 0.6 is 0 Å². The molecule has 348 valence electrons. The standard InChI is InChI=1S/C52H58N8O7/c1-27(2)45(57-51(63)65-7)49(61)59-25-29(5)21-39(59)47-53-23-37(55-47)33-13-9-31(10-14-33)35-17-18-36(44-42-20-19-41(67-42)43(35)44)32-11-15-34(16-12-32)38-24-54-48(56-38)40-22-30(6)26-60(40)50(62)46(28(3)4)58-52(64)66-8/h9-20,23-24,27-30,39-40,45-46H,21-22,25-26H2,1-8H3,(H,53,55)(H,54,56)(H,57,63)(H,58,64). The summed E-state index contributed by atoms with van der Waals surface area (Å²) < 4.78 is 15.9. The van der Waals surface area contributed by atoms with Crippen LogP contribution in [0.5, 0.6) is 0 Å². The minimum Gasteiger partial charge on any atom is -0.456 e. The first kappa shape index (κ1) is 45.0. The number of nitrogens with one attached hydrogen (secondary N) is 4. The molecular weight excluding hydrogens is 849 g/mol. The first-order valence-electron chi connectivity index (χ1n) is 23.1. The summed E-state index contributed by atoms with van der Waals surface area (Å²) in [6.07, 6.45) is 3.89. The zero-order chi connectivity index (χ0) is 47.3. The molecule has 9 rings (SSSR count). The Balaban J connectivity index is 0.928. The van der Waals surface area contributed by atoms with Crippen LogP contribution in [0.1, 0.15) is 78.1 Å². The van der Waals surface area contributed by atoms with E-state index in [2.05, 4.69) is 95.1 Å². The molecule has 2 aliphatic heterocycles. The molecule has 15 nitrogen and oxygen atoms in total. The zero-order valence-corrected chi connectivity index (χ0v) is 39.2. The van der Waals surface area contributed by atoms with Crippen LogP contribution in [0.15, 0.2) is 89.6 Å². The Kier molecular flexibility index (Phi) is 12.3. The number of H-pyrrole nitrogens is 2. The number of benzene rings is 4. The number of methoxy groups -OCH3 is 2. The lowest BCUT2D eigenvalue weighted by Gasteiger charge is -2.30. The molecule has 2 fully saturated rings. The second-order valence-electron chi connectivity index (χ2n) is 19.0. The van der Waals surface area contributed by atoms with Crippen LogP contribution in [0.3, 0.4) is 0 Å². The lowest BCUT2D eigenvalue weighted by Crippen LogP contribution is -2.51. The number of alkyl carbamates (subject to hydrolysis) is 2. The fraction of sp³-hybridized carbons (Fsp3) is 0.385. The number of hydrogen-bond donors (Lipinski definition) is 4. The molecule has 4 N–H and O–H groups in total. The van der Waals surface area contributed by atoms with Crippen LogP contribution < -0.4 is 10.6 Å². The van der Waals surface area contributed by atoms with Crippen molar-refractivity contribution in [2.45, 2.75) is 78.6 Å². The molecule has 2 aliphatic rings. The predicted octanol–water partition coefficient (Wildman–Crippen LogP) is 9.72. The first-order valence-corrected chi connectivity index (χ1v) is 23.1. The summed E-state index contributed by atoms with van der Waals surface area (Å²) in [5.41, 5.74) is 9.50. The van der Waals surface area contributed by atoms with Gasteiger partial charge in [0.15, 0.2) is 0 Å². The Bertz CT molecular complexity index is 2720. The van der Waals surface area contributed by atoms with E-state index in [4.69, 9.17) is 23.9 Å². The monoisotopic (exact) mass is 906 g/mol. The number of furan rings is 2. The zero-order valence-electron chi connectivity index (χ0n) is 39.2. The highest BCUT2D eigenvalue weighted by atomic mass is 16.5. The summed E-state index contributed by atoms with van der Waals surface area (Å²) in [5, 5.41) is 7.56. The molecule has 7 aromatic rings. The Morgan fingerprint density at radius 3 is 1.33 bits per heavy atom. The third kappa shape index (κ3) is 8.58. The van der Waals surface area contributed by atoms with Crippen LogP contribution in [0.4, 0.5) is 9.59 Å². The smallest absolute Gasteiger partial charge is 0.407 e. The van der Waals surface area contributed by atoms with E-state index in [-0.39, 0.29) is 47.6 Å². The molecule has 4 amide bonds. The van der Waals surface area contributed by atoms with Gasteiger partial charge in [0, 0.05) is 23.9 Å². The number of imidazole rings is 2. The first-order chi connectivity index (χ1) is 32.2. The van der Waals surface area contributed by atoms with Crippen molar-refractivity contribution in [1.29, 1.82) is 0 Å². The number of aromatic nitrogens is 4. The van der Waals surface area contributed by atoms with Crippen LogP contribution in [0, 0.1) is 23.7 Å². The van der Waals surface area contributed by atoms with Gasteiger partial charge >= 0.3 is 12.2 Å². The second kappa shape index (κ2) is 18.3. The molecule has 2 bridgehead atoms. The molecular formula is C52H58N8O7. The normalized spacial score (nSPS) is 19.4. The van der Waals surface area contributed by atoms with E-state index in [0.29, 0.717) is 24.7 Å². The van der Waals surface area contributed by atoms with Crippen molar-refractivity contribution in [2.75, 3.05) is 27.3 Å². The van der Waals surface area contributed by atoms with E-state index in [9.17, 15) is 19.2 Å². The van der Waals surface area contributed by atoms with Gasteiger partial charge in [-0.25, -0.2) is 19.6 Å². The van der Waals surface area contributed by atoms with E-state index in [1.165, 1.54) is 14.2 Å². The highest BCUT2D eigenvalue weighted by molar-refractivity contribution is 6.19. The molecule has 0 saturated carbocycles. The fourth-order valence-corrected chi connectivity index (χ4v) is 10.0. The lowest BCUT2D eigenvalue weighted by atomic mass is 9.91. The van der Waals surface area contributed by atoms with E-state index in [1.807, 2.05) is 62.0 Å². The van der Waals surface area contributed by atoms with Crippen molar-refractivity contribution >= 4 is 45.9 Å². The molecule has 0 aliphatic carbocycles. The number of carbonyl (C=O) groups is 4. The largest absolute Gasteiger partial charge is 0.456 e. The minimum atomic E-state index is -0.711. The van der Waals surface area contributed by atoms with Crippen LogP contribution in [0.25, 0.3) is 66.7 Å². The van der Waals surface area contributed by atoms with Gasteiger partial charge in [0.1, 0.15) is 34.9 Å². The molecule has 2 saturated heterocycles. The average molecular weight is 907 g/mol. The van der Waals surface area contributed by atoms with E-state index in [1.54, 1.807) is 0 Å². The lowest BCUT2D eigenvalue weighted by molar-refractivity contribution is -0.136. The van der Waals surface area contributed by atoms with Gasteiger partial charge in [-0.2, -0.15) is 0 Å². The number of rotatable bonds is 12. The van der Waals surface area contributed by atoms with E-state index in [0.717, 1.165) is 79.5 Å². The van der Waals surface area contributed by atoms with Crippen LogP contribution in [-0.4, -0.2) is 93.1 Å². The summed E-state index contributed by atoms with van der Waals surface area (Å²) >= 11 is 0. The van der Waals surface area contributed by atoms with Gasteiger partial charge in [0.25, 0.3) is 0 Å². The number of fused-ring (bicyclic) bond motifs is 5. The maximum Gasteiger partial charge on any atom is 0.407 e. The van der Waals surface area contributed by atoms with Crippen molar-refractivity contribution < 1.29 is 33.1 Å². The number of likely N-dealkylation sites (tertiary alicyclic amines) is 2. The van der Waals surface area contributed by atoms with Gasteiger partial charge in [-0.1, -0.05) is 102 Å². The van der Waals surface area contributed by atoms with Crippen molar-refractivity contribution in [2.24, 2.45) is 23.7 Å². The second-order valence-corrected chi connectivity index (χ2v) is 19.0. The number of carbonyl (C=O) groups excluding carboxylic acids is 4. The highest BCUT2D eigenvalue weighted by Gasteiger charge is 2.41. The number of amides is 4. The summed E-state index contributed by atoms with van der Waals surface area (Å²) in [6, 6.07) is 23.2. The number of nitrogens with zero attached hydrogens (tertiary/aromatic N) is 4. The molecule has 4 aromatic heterocycles. The van der Waals surface area contributed by atoms with Gasteiger partial charge in [-0.3, -0.25) is 9.59 Å². The maximum absolute atomic E-state index is 13.8. The Labute approximate surface area is 389 Å². The van der Waals surface area contributed by atoms with Gasteiger partial charge in [-0.15, -0.1) is 0 Å². The number of aromatic amines is 2. The van der Waals surface area contributed by atoms with Crippen molar-refractivity contribution in [3.63, 3.8) is 0 Å². The number of ether oxygens (including phenoxy) is 2. The average Bonchev–Trinajstić information content (AvgIpc) is 4.21. The number of hydrogen-bond acceptors (Lipinski definition) is 9. The summed E-state index contributed by atoms with van der Waals surface area (Å²) in [5.74, 6) is 1.42. The van der Waals surface area contributed by atoms with Crippen molar-refractivity contribution in [3.8, 4) is 44.8 Å². The molecule has 3 aromatic carbocycles. The van der Waals surface area contributed by atoms with E-state index < -0.39 is 24.3 Å². The molecule has 0 spiro atoms. The molecule has 0 radical (unpaired) electrons. The van der Waals surface area contributed by atoms with Gasteiger partial charge in [0.2, 0.25) is 11.8 Å². The van der Waals surface area contributed by atoms with Gasteiger partial charge in [0.05, 0.1) is 50.1 Å². The van der Waals surface area contributed by atoms with Crippen molar-refractivity contribution in [1.82, 2.24) is 40.4 Å². The third-order valence-electron chi connectivity index (χ3n) is 13.5. The topological polar surface area (TPSA) is 188 Å². The van der Waals surface area contributed by atoms with Gasteiger partial charge < -0.3 is 44.3 Å². The molecule has 6 atom stereocenters. The van der Waals surface area contributed by atoms with Crippen LogP contribution in [0.2, 0.25) is 0 Å². The Hall–Kier alpha value is -7.16. The van der Waals surface area contributed by atoms with Crippen molar-refractivity contribution in [3.05, 3.63) is 96.8 Å². The molecule has 15 heteroatoms. The Morgan fingerprint density at radius 2 is 0.970 bits per heavy atom. The molecule has 6 unspecified atom stereocenters. The summed E-state index contributed by atoms with van der Waals surface area (Å²) in [6.45, 7) is 13.0. The third-order valence-corrected chi connectivity index (χ3v) is 13.5. The van der Waals surface area contributed by atoms with Gasteiger partial charge in [-0.05, 0) is 82.0 Å². The predicted molar refractivity (Wildman–Crippen MR) is 256 cm³/mol.